The first-order valence-electron chi connectivity index (χ1n) is 8.08. The van der Waals surface area contributed by atoms with Gasteiger partial charge in [-0.2, -0.15) is 5.26 Å². The summed E-state index contributed by atoms with van der Waals surface area (Å²) >= 11 is 3.38. The molecule has 2 aromatic carbocycles. The first kappa shape index (κ1) is 19.6. The van der Waals surface area contributed by atoms with E-state index in [0.29, 0.717) is 16.9 Å². The third kappa shape index (κ3) is 5.41. The molecule has 3 N–H and O–H groups in total. The average Bonchev–Trinajstić information content (AvgIpc) is 2.63. The quantitative estimate of drug-likeness (QED) is 0.672. The van der Waals surface area contributed by atoms with Crippen molar-refractivity contribution in [3.63, 3.8) is 0 Å². The molecule has 0 fully saturated rings. The van der Waals surface area contributed by atoms with Crippen molar-refractivity contribution < 1.29 is 14.5 Å². The van der Waals surface area contributed by atoms with E-state index >= 15 is 0 Å². The number of carbonyl (C=O) groups excluding carboxylic acids is 2. The topological polar surface area (TPSA) is 86.4 Å². The standard InChI is InChI=1S/C19H19BrN4O2/c1-13(19(26)22-15-7-5-6-14(10-15)11-21)24(2)12-18(25)23-17-9-4-3-8-16(17)20/h3-10,13H,12H2,1-2H3,(H,22,26)(H,23,25)/p+1/t13-/m0/s1. The summed E-state index contributed by atoms with van der Waals surface area (Å²) in [6.45, 7) is 1.90. The molecule has 2 rings (SSSR count). The molecule has 0 aromatic heterocycles. The Kier molecular flexibility index (Phi) is 6.89. The van der Waals surface area contributed by atoms with Crippen molar-refractivity contribution in [2.45, 2.75) is 13.0 Å². The second kappa shape index (κ2) is 9.13. The second-order valence-electron chi connectivity index (χ2n) is 5.95. The van der Waals surface area contributed by atoms with E-state index in [4.69, 9.17) is 5.26 Å². The normalized spacial score (nSPS) is 12.5. The lowest BCUT2D eigenvalue weighted by Crippen LogP contribution is -3.14. The minimum absolute atomic E-state index is 0.147. The maximum Gasteiger partial charge on any atom is 0.282 e. The monoisotopic (exact) mass is 415 g/mol. The van der Waals surface area contributed by atoms with E-state index in [0.717, 1.165) is 9.37 Å². The van der Waals surface area contributed by atoms with Crippen molar-refractivity contribution in [3.8, 4) is 6.07 Å². The van der Waals surface area contributed by atoms with E-state index in [1.807, 2.05) is 24.3 Å². The third-order valence-electron chi connectivity index (χ3n) is 3.98. The van der Waals surface area contributed by atoms with Crippen LogP contribution >= 0.6 is 15.9 Å². The van der Waals surface area contributed by atoms with Gasteiger partial charge in [0.05, 0.1) is 24.4 Å². The van der Waals surface area contributed by atoms with Crippen molar-refractivity contribution in [2.75, 3.05) is 24.2 Å². The van der Waals surface area contributed by atoms with Crippen LogP contribution in [0.15, 0.2) is 53.0 Å². The Morgan fingerprint density at radius 3 is 2.62 bits per heavy atom. The number of hydrogen-bond donors (Lipinski definition) is 3. The smallest absolute Gasteiger partial charge is 0.282 e. The Morgan fingerprint density at radius 2 is 1.92 bits per heavy atom. The number of nitrogens with one attached hydrogen (secondary N) is 3. The molecule has 0 saturated carbocycles. The van der Waals surface area contributed by atoms with Crippen molar-refractivity contribution in [1.29, 1.82) is 5.26 Å². The van der Waals surface area contributed by atoms with E-state index in [9.17, 15) is 9.59 Å². The largest absolute Gasteiger partial charge is 0.321 e. The van der Waals surface area contributed by atoms with Crippen molar-refractivity contribution >= 4 is 39.1 Å². The van der Waals surface area contributed by atoms with Gasteiger partial charge in [-0.3, -0.25) is 9.59 Å². The number of likely N-dealkylation sites (N-methyl/N-ethyl adjacent to an activating group) is 1. The zero-order valence-corrected chi connectivity index (χ0v) is 16.1. The fourth-order valence-corrected chi connectivity index (χ4v) is 2.69. The summed E-state index contributed by atoms with van der Waals surface area (Å²) in [4.78, 5) is 25.4. The summed E-state index contributed by atoms with van der Waals surface area (Å²) in [6.07, 6.45) is 0. The average molecular weight is 416 g/mol. The van der Waals surface area contributed by atoms with Gasteiger partial charge in [-0.1, -0.05) is 18.2 Å². The highest BCUT2D eigenvalue weighted by atomic mass is 79.9. The van der Waals surface area contributed by atoms with Crippen LogP contribution in [0.3, 0.4) is 0 Å². The highest BCUT2D eigenvalue weighted by molar-refractivity contribution is 9.10. The van der Waals surface area contributed by atoms with Crippen LogP contribution in [0.1, 0.15) is 12.5 Å². The molecule has 2 amide bonds. The lowest BCUT2D eigenvalue weighted by Gasteiger charge is -2.20. The van der Waals surface area contributed by atoms with E-state index < -0.39 is 6.04 Å². The van der Waals surface area contributed by atoms with Crippen LogP contribution in [0, 0.1) is 11.3 Å². The highest BCUT2D eigenvalue weighted by Crippen LogP contribution is 2.20. The maximum atomic E-state index is 12.4. The molecule has 0 aliphatic carbocycles. The lowest BCUT2D eigenvalue weighted by atomic mass is 10.2. The SMILES string of the molecule is C[C@@H](C(=O)Nc1cccc(C#N)c1)[NH+](C)CC(=O)Nc1ccccc1Br. The van der Waals surface area contributed by atoms with Gasteiger partial charge in [0.15, 0.2) is 12.6 Å². The fourth-order valence-electron chi connectivity index (χ4n) is 2.30. The molecule has 0 saturated heterocycles. The molecule has 1 unspecified atom stereocenters. The fraction of sp³-hybridized carbons (Fsp3) is 0.211. The molecule has 0 aliphatic rings. The molecule has 6 nitrogen and oxygen atoms in total. The van der Waals surface area contributed by atoms with Gasteiger partial charge in [0, 0.05) is 10.2 Å². The summed E-state index contributed by atoms with van der Waals surface area (Å²) in [5.74, 6) is -0.396. The summed E-state index contributed by atoms with van der Waals surface area (Å²) in [7, 11) is 1.79. The van der Waals surface area contributed by atoms with Crippen LogP contribution in [-0.4, -0.2) is 31.4 Å². The van der Waals surface area contributed by atoms with Gasteiger partial charge in [-0.15, -0.1) is 0 Å². The number of nitrogens with zero attached hydrogens (tertiary/aromatic N) is 1. The number of nitriles is 1. The molecule has 134 valence electrons. The first-order chi connectivity index (χ1) is 12.4. The number of carbonyl (C=O) groups is 2. The van der Waals surface area contributed by atoms with Crippen LogP contribution in [0.4, 0.5) is 11.4 Å². The molecule has 2 atom stereocenters. The van der Waals surface area contributed by atoms with Gasteiger partial charge >= 0.3 is 0 Å². The van der Waals surface area contributed by atoms with E-state index in [-0.39, 0.29) is 18.4 Å². The van der Waals surface area contributed by atoms with Gasteiger partial charge in [0.25, 0.3) is 11.8 Å². The van der Waals surface area contributed by atoms with Gasteiger partial charge in [0.2, 0.25) is 0 Å². The van der Waals surface area contributed by atoms with Crippen molar-refractivity contribution in [3.05, 3.63) is 58.6 Å². The third-order valence-corrected chi connectivity index (χ3v) is 4.67. The zero-order valence-electron chi connectivity index (χ0n) is 14.5. The van der Waals surface area contributed by atoms with Gasteiger partial charge in [-0.25, -0.2) is 0 Å². The Hall–Kier alpha value is -2.69. The van der Waals surface area contributed by atoms with Gasteiger partial charge in [-0.05, 0) is 53.2 Å². The number of rotatable bonds is 6. The summed E-state index contributed by atoms with van der Waals surface area (Å²) < 4.78 is 0.800. The highest BCUT2D eigenvalue weighted by Gasteiger charge is 2.24. The minimum atomic E-state index is -0.439. The molecule has 7 heteroatoms. The van der Waals surface area contributed by atoms with Crippen LogP contribution < -0.4 is 15.5 Å². The number of anilines is 2. The number of quaternary nitrogens is 1. The summed E-state index contributed by atoms with van der Waals surface area (Å²) in [6, 6.07) is 15.7. The van der Waals surface area contributed by atoms with E-state index in [1.165, 1.54) is 0 Å². The molecular formula is C19H20BrN4O2+. The molecule has 0 bridgehead atoms. The van der Waals surface area contributed by atoms with E-state index in [1.54, 1.807) is 44.3 Å². The van der Waals surface area contributed by atoms with Crippen LogP contribution in [-0.2, 0) is 9.59 Å². The Morgan fingerprint density at radius 1 is 1.19 bits per heavy atom. The Bertz CT molecular complexity index is 847. The van der Waals surface area contributed by atoms with E-state index in [2.05, 4.69) is 26.6 Å². The molecular weight excluding hydrogens is 396 g/mol. The lowest BCUT2D eigenvalue weighted by molar-refractivity contribution is -0.885. The molecule has 26 heavy (non-hydrogen) atoms. The molecule has 0 aliphatic heterocycles. The van der Waals surface area contributed by atoms with Crippen molar-refractivity contribution in [2.24, 2.45) is 0 Å². The Balaban J connectivity index is 1.92. The zero-order chi connectivity index (χ0) is 19.1. The number of hydrogen-bond acceptors (Lipinski definition) is 3. The Labute approximate surface area is 160 Å². The summed E-state index contributed by atoms with van der Waals surface area (Å²) in [5.41, 5.74) is 1.73. The number of para-hydroxylation sites is 1. The number of halogens is 1. The van der Waals surface area contributed by atoms with Crippen LogP contribution in [0.2, 0.25) is 0 Å². The van der Waals surface area contributed by atoms with Crippen LogP contribution in [0.25, 0.3) is 0 Å². The van der Waals surface area contributed by atoms with Crippen molar-refractivity contribution in [1.82, 2.24) is 0 Å². The van der Waals surface area contributed by atoms with Crippen LogP contribution in [0.5, 0.6) is 0 Å². The summed E-state index contributed by atoms with van der Waals surface area (Å²) in [5, 5.41) is 14.5. The minimum Gasteiger partial charge on any atom is -0.321 e. The molecule has 0 heterocycles. The second-order valence-corrected chi connectivity index (χ2v) is 6.81. The van der Waals surface area contributed by atoms with Gasteiger partial charge < -0.3 is 15.5 Å². The van der Waals surface area contributed by atoms with Gasteiger partial charge in [0.1, 0.15) is 0 Å². The predicted molar refractivity (Wildman–Crippen MR) is 104 cm³/mol. The number of benzene rings is 2. The maximum absolute atomic E-state index is 12.4. The predicted octanol–water partition coefficient (Wildman–Crippen LogP) is 1.80. The number of amides is 2. The molecule has 2 aromatic rings. The molecule has 0 radical (unpaired) electrons. The molecule has 0 spiro atoms. The first-order valence-corrected chi connectivity index (χ1v) is 8.87.